The molecule has 6 atom stereocenters. The van der Waals surface area contributed by atoms with Crippen molar-refractivity contribution >= 4 is 41.4 Å². The molecule has 1 unspecified atom stereocenters. The molecule has 2 aromatic rings. The Morgan fingerprint density at radius 1 is 0.739 bits per heavy atom. The number of carbonyl (C=O) groups is 6. The zero-order valence-corrected chi connectivity index (χ0v) is 26.3. The lowest BCUT2D eigenvalue weighted by atomic mass is 9.87. The number of hydrogen-bond acceptors (Lipinski definition) is 12. The first-order chi connectivity index (χ1) is 21.8. The first kappa shape index (κ1) is 35.7. The van der Waals surface area contributed by atoms with E-state index in [0.717, 1.165) is 33.3 Å². The Balaban J connectivity index is 1.76. The van der Waals surface area contributed by atoms with Crippen LogP contribution in [-0.2, 0) is 52.5 Å². The quantitative estimate of drug-likeness (QED) is 0.197. The highest BCUT2D eigenvalue weighted by Crippen LogP contribution is 2.30. The maximum absolute atomic E-state index is 13.1. The number of carbonyl (C=O) groups excluding carboxylic acids is 6. The predicted molar refractivity (Wildman–Crippen MR) is 160 cm³/mol. The molecule has 0 spiro atoms. The average molecular weight is 643 g/mol. The molecule has 1 aliphatic heterocycles. The fraction of sp³-hybridized carbons (Fsp3) is 0.438. The number of anilines is 1. The highest BCUT2D eigenvalue weighted by molar-refractivity contribution is 5.97. The van der Waals surface area contributed by atoms with E-state index in [0.29, 0.717) is 5.69 Å². The number of benzene rings is 2. The van der Waals surface area contributed by atoms with Crippen LogP contribution in [0.5, 0.6) is 0 Å². The fourth-order valence-electron chi connectivity index (χ4n) is 4.88. The SMILES string of the molecule is CC(=O)OC[C@H]1O[C@@H](ONC(=O)c2ccc(NC(=O)C(c3ccccc3)C(C)C)cc2)[C@H](OC(C)=O)[C@@H](OC(C)=O)[C@H]1OC(C)=O. The van der Waals surface area contributed by atoms with E-state index in [4.69, 9.17) is 28.5 Å². The summed E-state index contributed by atoms with van der Waals surface area (Å²) in [6.45, 7) is 7.86. The van der Waals surface area contributed by atoms with E-state index in [2.05, 4.69) is 10.8 Å². The van der Waals surface area contributed by atoms with Crippen molar-refractivity contribution in [2.24, 2.45) is 5.92 Å². The van der Waals surface area contributed by atoms with Crippen molar-refractivity contribution in [3.05, 3.63) is 65.7 Å². The Morgan fingerprint density at radius 2 is 1.30 bits per heavy atom. The second kappa shape index (κ2) is 16.5. The van der Waals surface area contributed by atoms with Crippen LogP contribution in [0.4, 0.5) is 5.69 Å². The molecule has 3 rings (SSSR count). The van der Waals surface area contributed by atoms with Crippen molar-refractivity contribution in [1.29, 1.82) is 0 Å². The molecule has 1 fully saturated rings. The zero-order chi connectivity index (χ0) is 34.0. The normalized spacial score (nSPS) is 21.3. The van der Waals surface area contributed by atoms with E-state index in [1.54, 1.807) is 12.1 Å². The van der Waals surface area contributed by atoms with Gasteiger partial charge in [0, 0.05) is 38.9 Å². The average Bonchev–Trinajstić information content (AvgIpc) is 2.97. The Labute approximate surface area is 265 Å². The summed E-state index contributed by atoms with van der Waals surface area (Å²) < 4.78 is 26.8. The van der Waals surface area contributed by atoms with Crippen LogP contribution in [0.2, 0.25) is 0 Å². The molecule has 1 aliphatic rings. The first-order valence-electron chi connectivity index (χ1n) is 14.5. The summed E-state index contributed by atoms with van der Waals surface area (Å²) in [5.41, 5.74) is 3.68. The standard InChI is InChI=1S/C32H38N2O12/c1-17(2)26(22-10-8-7-9-11-22)31(40)33-24-14-12-23(13-15-24)30(39)34-46-32-29(44-21(6)38)28(43-20(5)37)27(42-19(4)36)25(45-32)16-41-18(3)35/h7-15,17,25-29,32H,16H2,1-6H3,(H,33,40)(H,34,39)/t25-,26?,27+,28+,29-,32+/m1/s1. The number of esters is 4. The molecular formula is C32H38N2O12. The van der Waals surface area contributed by atoms with Crippen molar-refractivity contribution in [2.75, 3.05) is 11.9 Å². The molecule has 14 heteroatoms. The monoisotopic (exact) mass is 642 g/mol. The summed E-state index contributed by atoms with van der Waals surface area (Å²) in [6, 6.07) is 15.4. The van der Waals surface area contributed by atoms with Gasteiger partial charge in [0.25, 0.3) is 5.91 Å². The molecule has 2 amide bonds. The van der Waals surface area contributed by atoms with E-state index >= 15 is 0 Å². The molecule has 14 nitrogen and oxygen atoms in total. The van der Waals surface area contributed by atoms with Crippen LogP contribution >= 0.6 is 0 Å². The van der Waals surface area contributed by atoms with Crippen LogP contribution in [0.25, 0.3) is 0 Å². The number of nitrogens with one attached hydrogen (secondary N) is 2. The van der Waals surface area contributed by atoms with Gasteiger partial charge in [-0.25, -0.2) is 10.3 Å². The molecule has 2 N–H and O–H groups in total. The molecule has 46 heavy (non-hydrogen) atoms. The summed E-state index contributed by atoms with van der Waals surface area (Å²) >= 11 is 0. The topological polar surface area (TPSA) is 182 Å². The van der Waals surface area contributed by atoms with Crippen molar-refractivity contribution in [3.8, 4) is 0 Å². The fourth-order valence-corrected chi connectivity index (χ4v) is 4.88. The molecule has 248 valence electrons. The lowest BCUT2D eigenvalue weighted by Gasteiger charge is -2.43. The smallest absolute Gasteiger partial charge is 0.303 e. The Hall–Kier alpha value is -4.82. The summed E-state index contributed by atoms with van der Waals surface area (Å²) in [7, 11) is 0. The molecule has 0 bridgehead atoms. The second-order valence-electron chi connectivity index (χ2n) is 10.8. The van der Waals surface area contributed by atoms with Gasteiger partial charge in [0.15, 0.2) is 18.3 Å². The van der Waals surface area contributed by atoms with Crippen molar-refractivity contribution in [1.82, 2.24) is 5.48 Å². The number of hydrogen-bond donors (Lipinski definition) is 2. The van der Waals surface area contributed by atoms with E-state index in [9.17, 15) is 28.8 Å². The van der Waals surface area contributed by atoms with E-state index < -0.39 is 67.1 Å². The summed E-state index contributed by atoms with van der Waals surface area (Å²) in [6.07, 6.45) is -7.21. The Morgan fingerprint density at radius 3 is 1.85 bits per heavy atom. The maximum atomic E-state index is 13.1. The second-order valence-corrected chi connectivity index (χ2v) is 10.8. The number of ether oxygens (including phenoxy) is 5. The van der Waals surface area contributed by atoms with E-state index in [-0.39, 0.29) is 23.3 Å². The molecule has 0 aromatic heterocycles. The molecule has 1 heterocycles. The lowest BCUT2D eigenvalue weighted by Crippen LogP contribution is -2.63. The first-order valence-corrected chi connectivity index (χ1v) is 14.5. The van der Waals surface area contributed by atoms with Gasteiger partial charge in [0.1, 0.15) is 12.7 Å². The highest BCUT2D eigenvalue weighted by atomic mass is 16.8. The number of rotatable bonds is 12. The number of amides is 2. The van der Waals surface area contributed by atoms with Crippen molar-refractivity contribution in [3.63, 3.8) is 0 Å². The highest BCUT2D eigenvalue weighted by Gasteiger charge is 2.53. The van der Waals surface area contributed by atoms with Crippen LogP contribution < -0.4 is 10.8 Å². The minimum absolute atomic E-state index is 0.0285. The molecule has 2 aromatic carbocycles. The minimum Gasteiger partial charge on any atom is -0.463 e. The predicted octanol–water partition coefficient (Wildman–Crippen LogP) is 2.81. The molecule has 0 saturated carbocycles. The van der Waals surface area contributed by atoms with Gasteiger partial charge in [-0.3, -0.25) is 28.8 Å². The van der Waals surface area contributed by atoms with Crippen LogP contribution in [0, 0.1) is 5.92 Å². The van der Waals surface area contributed by atoms with Crippen LogP contribution in [0.15, 0.2) is 54.6 Å². The molecule has 0 radical (unpaired) electrons. The van der Waals surface area contributed by atoms with Gasteiger partial charge in [-0.1, -0.05) is 44.2 Å². The zero-order valence-electron chi connectivity index (χ0n) is 26.3. The Kier molecular flexibility index (Phi) is 12.8. The van der Waals surface area contributed by atoms with Crippen LogP contribution in [0.3, 0.4) is 0 Å². The van der Waals surface area contributed by atoms with Crippen LogP contribution in [0.1, 0.15) is 63.4 Å². The van der Waals surface area contributed by atoms with Gasteiger partial charge in [0.2, 0.25) is 12.2 Å². The van der Waals surface area contributed by atoms with Gasteiger partial charge in [-0.2, -0.15) is 0 Å². The van der Waals surface area contributed by atoms with Crippen molar-refractivity contribution in [2.45, 2.75) is 78.2 Å². The molecular weight excluding hydrogens is 604 g/mol. The number of hydroxylamine groups is 1. The van der Waals surface area contributed by atoms with Crippen LogP contribution in [-0.4, -0.2) is 73.0 Å². The molecule has 1 saturated heterocycles. The van der Waals surface area contributed by atoms with Crippen molar-refractivity contribution < 1.29 is 57.3 Å². The van der Waals surface area contributed by atoms with Gasteiger partial charge < -0.3 is 29.0 Å². The third-order valence-electron chi connectivity index (χ3n) is 6.74. The maximum Gasteiger partial charge on any atom is 0.303 e. The van der Waals surface area contributed by atoms with Gasteiger partial charge in [-0.05, 0) is 35.7 Å². The molecule has 0 aliphatic carbocycles. The van der Waals surface area contributed by atoms with E-state index in [1.807, 2.05) is 44.2 Å². The van der Waals surface area contributed by atoms with Gasteiger partial charge in [0.05, 0.1) is 5.92 Å². The lowest BCUT2D eigenvalue weighted by molar-refractivity contribution is -0.317. The third-order valence-corrected chi connectivity index (χ3v) is 6.74. The largest absolute Gasteiger partial charge is 0.463 e. The van der Waals surface area contributed by atoms with E-state index in [1.165, 1.54) is 12.1 Å². The summed E-state index contributed by atoms with van der Waals surface area (Å²) in [4.78, 5) is 78.9. The Bertz CT molecular complexity index is 1400. The van der Waals surface area contributed by atoms with Gasteiger partial charge in [-0.15, -0.1) is 0 Å². The summed E-state index contributed by atoms with van der Waals surface area (Å²) in [5.74, 6) is -4.41. The van der Waals surface area contributed by atoms with Gasteiger partial charge >= 0.3 is 23.9 Å². The minimum atomic E-state index is -1.60. The summed E-state index contributed by atoms with van der Waals surface area (Å²) in [5, 5.41) is 2.87. The third kappa shape index (κ3) is 10.1.